The molecule has 3 nitrogen and oxygen atoms in total. The fraction of sp³-hybridized carbons (Fsp3) is 0.107. The zero-order valence-corrected chi connectivity index (χ0v) is 17.8. The van der Waals surface area contributed by atoms with Crippen LogP contribution in [0.15, 0.2) is 102 Å². The van der Waals surface area contributed by atoms with Gasteiger partial charge >= 0.3 is 0 Å². The smallest absolute Gasteiger partial charge is 0.125 e. The van der Waals surface area contributed by atoms with Crippen LogP contribution in [-0.2, 0) is 0 Å². The first-order valence-electron chi connectivity index (χ1n) is 10.6. The highest BCUT2D eigenvalue weighted by molar-refractivity contribution is 6.08. The second-order valence-electron chi connectivity index (χ2n) is 7.83. The van der Waals surface area contributed by atoms with E-state index < -0.39 is 0 Å². The van der Waals surface area contributed by atoms with Gasteiger partial charge in [-0.1, -0.05) is 72.8 Å². The molecule has 0 spiro atoms. The van der Waals surface area contributed by atoms with Gasteiger partial charge in [-0.2, -0.15) is 0 Å². The fourth-order valence-corrected chi connectivity index (χ4v) is 4.16. The molecule has 0 saturated carbocycles. The molecule has 31 heavy (non-hydrogen) atoms. The average Bonchev–Trinajstić information content (AvgIpc) is 3.21. The third-order valence-electron chi connectivity index (χ3n) is 5.83. The van der Waals surface area contributed by atoms with Gasteiger partial charge < -0.3 is 4.98 Å². The monoisotopic (exact) mass is 403 g/mol. The van der Waals surface area contributed by atoms with Gasteiger partial charge in [-0.15, -0.1) is 0 Å². The lowest BCUT2D eigenvalue weighted by Gasteiger charge is -2.14. The van der Waals surface area contributed by atoms with Crippen LogP contribution in [0.25, 0.3) is 32.9 Å². The van der Waals surface area contributed by atoms with Crippen LogP contribution in [0, 0.1) is 0 Å². The Bertz CT molecular complexity index is 1380. The first-order chi connectivity index (χ1) is 15.2. The molecule has 152 valence electrons. The van der Waals surface area contributed by atoms with Crippen molar-refractivity contribution in [3.63, 3.8) is 0 Å². The van der Waals surface area contributed by atoms with E-state index in [0.29, 0.717) is 0 Å². The van der Waals surface area contributed by atoms with Crippen molar-refractivity contribution in [1.29, 1.82) is 0 Å². The molecule has 4 aromatic carbocycles. The lowest BCUT2D eigenvalue weighted by molar-refractivity contribution is 0.625. The van der Waals surface area contributed by atoms with Crippen LogP contribution in [0.4, 0.5) is 0 Å². The summed E-state index contributed by atoms with van der Waals surface area (Å²) in [4.78, 5) is 8.46. The highest BCUT2D eigenvalue weighted by Gasteiger charge is 2.10. The van der Waals surface area contributed by atoms with Crippen LogP contribution in [0.5, 0.6) is 0 Å². The molecule has 0 bridgehead atoms. The molecule has 1 unspecified atom stereocenters. The highest BCUT2D eigenvalue weighted by atomic mass is 15.0. The first-order valence-corrected chi connectivity index (χ1v) is 10.6. The number of aromatic nitrogens is 1. The average molecular weight is 404 g/mol. The molecular weight excluding hydrogens is 378 g/mol. The molecule has 0 aliphatic heterocycles. The summed E-state index contributed by atoms with van der Waals surface area (Å²) >= 11 is 0. The van der Waals surface area contributed by atoms with Crippen molar-refractivity contribution in [1.82, 2.24) is 10.3 Å². The van der Waals surface area contributed by atoms with Crippen molar-refractivity contribution in [2.45, 2.75) is 13.1 Å². The number of rotatable bonds is 5. The summed E-state index contributed by atoms with van der Waals surface area (Å²) in [6, 6.07) is 34.1. The number of nitrogens with zero attached hydrogens (tertiary/aromatic N) is 1. The quantitative estimate of drug-likeness (QED) is 0.314. The molecule has 1 atom stereocenters. The summed E-state index contributed by atoms with van der Waals surface area (Å²) in [6.45, 7) is 2.08. The van der Waals surface area contributed by atoms with Crippen LogP contribution in [-0.4, -0.2) is 17.7 Å². The van der Waals surface area contributed by atoms with E-state index in [0.717, 1.165) is 16.8 Å². The van der Waals surface area contributed by atoms with Crippen LogP contribution in [0.1, 0.15) is 24.2 Å². The van der Waals surface area contributed by atoms with Crippen LogP contribution < -0.4 is 5.32 Å². The molecule has 0 saturated heterocycles. The zero-order valence-electron chi connectivity index (χ0n) is 17.8. The van der Waals surface area contributed by atoms with E-state index in [1.165, 1.54) is 32.9 Å². The number of nitrogens with one attached hydrogen (secondary N) is 2. The predicted octanol–water partition coefficient (Wildman–Crippen LogP) is 6.72. The van der Waals surface area contributed by atoms with Gasteiger partial charge in [-0.25, -0.2) is 0 Å². The van der Waals surface area contributed by atoms with Crippen molar-refractivity contribution >= 4 is 27.5 Å². The van der Waals surface area contributed by atoms with Crippen LogP contribution in [0.2, 0.25) is 0 Å². The minimum Gasteiger partial charge on any atom is -0.355 e. The van der Waals surface area contributed by atoms with Gasteiger partial charge in [0.2, 0.25) is 0 Å². The fourth-order valence-electron chi connectivity index (χ4n) is 4.16. The largest absolute Gasteiger partial charge is 0.355 e. The minimum absolute atomic E-state index is 0.0626. The summed E-state index contributed by atoms with van der Waals surface area (Å²) in [7, 11) is 1.95. The SMILES string of the molecule is CNC(/N=C(\C)c1cccc(-c2ccc3[nH]c4ccccc4c3c2)c1)c1ccccc1. The number of para-hydroxylation sites is 1. The van der Waals surface area contributed by atoms with Crippen molar-refractivity contribution in [2.24, 2.45) is 4.99 Å². The third kappa shape index (κ3) is 3.76. The second-order valence-corrected chi connectivity index (χ2v) is 7.83. The maximum atomic E-state index is 4.95. The number of H-pyrrole nitrogens is 1. The van der Waals surface area contributed by atoms with Crippen molar-refractivity contribution < 1.29 is 0 Å². The third-order valence-corrected chi connectivity index (χ3v) is 5.83. The van der Waals surface area contributed by atoms with Gasteiger partial charge in [0.15, 0.2) is 0 Å². The van der Waals surface area contributed by atoms with Gasteiger partial charge in [0.25, 0.3) is 0 Å². The van der Waals surface area contributed by atoms with Crippen LogP contribution >= 0.6 is 0 Å². The summed E-state index contributed by atoms with van der Waals surface area (Å²) < 4.78 is 0. The lowest BCUT2D eigenvalue weighted by Crippen LogP contribution is -2.16. The Hall–Kier alpha value is -3.69. The Morgan fingerprint density at radius 1 is 0.742 bits per heavy atom. The standard InChI is InChI=1S/C28H25N3/c1-19(30-28(29-2)20-9-4-3-5-10-20)21-11-8-12-22(17-21)23-15-16-27-25(18-23)24-13-6-7-14-26(24)31-27/h3-18,28-29,31H,1-2H3/b30-19+. The number of hydrogen-bond acceptors (Lipinski definition) is 2. The van der Waals surface area contributed by atoms with Gasteiger partial charge in [0.1, 0.15) is 6.17 Å². The Morgan fingerprint density at radius 2 is 1.48 bits per heavy atom. The summed E-state index contributed by atoms with van der Waals surface area (Å²) in [5, 5.41) is 5.82. The van der Waals surface area contributed by atoms with E-state index in [1.807, 2.05) is 25.2 Å². The second kappa shape index (κ2) is 8.21. The molecule has 0 fully saturated rings. The Morgan fingerprint density at radius 3 is 2.32 bits per heavy atom. The van der Waals surface area contributed by atoms with Crippen molar-refractivity contribution in [3.8, 4) is 11.1 Å². The molecule has 0 radical (unpaired) electrons. The Balaban J connectivity index is 1.52. The number of aliphatic imine (C=N–C) groups is 1. The number of hydrogen-bond donors (Lipinski definition) is 2. The predicted molar refractivity (Wildman–Crippen MR) is 132 cm³/mol. The van der Waals surface area contributed by atoms with E-state index in [2.05, 4.69) is 96.1 Å². The molecule has 0 amide bonds. The molecule has 1 heterocycles. The first kappa shape index (κ1) is 19.3. The molecule has 0 aliphatic rings. The maximum absolute atomic E-state index is 4.95. The molecule has 0 aliphatic carbocycles. The maximum Gasteiger partial charge on any atom is 0.125 e. The van der Waals surface area contributed by atoms with E-state index in [4.69, 9.17) is 4.99 Å². The van der Waals surface area contributed by atoms with E-state index >= 15 is 0 Å². The Labute approximate surface area is 182 Å². The lowest BCUT2D eigenvalue weighted by atomic mass is 9.99. The number of fused-ring (bicyclic) bond motifs is 3. The molecule has 5 aromatic rings. The van der Waals surface area contributed by atoms with Crippen LogP contribution in [0.3, 0.4) is 0 Å². The highest BCUT2D eigenvalue weighted by Crippen LogP contribution is 2.30. The molecule has 5 rings (SSSR count). The number of aromatic amines is 1. The Kier molecular flexibility index (Phi) is 5.11. The van der Waals surface area contributed by atoms with Gasteiger partial charge in [0.05, 0.1) is 0 Å². The molecule has 2 N–H and O–H groups in total. The van der Waals surface area contributed by atoms with E-state index in [1.54, 1.807) is 0 Å². The normalized spacial score (nSPS) is 13.0. The number of benzene rings is 4. The molecule has 1 aromatic heterocycles. The van der Waals surface area contributed by atoms with Gasteiger partial charge in [-0.3, -0.25) is 10.3 Å². The van der Waals surface area contributed by atoms with Gasteiger partial charge in [0, 0.05) is 27.5 Å². The summed E-state index contributed by atoms with van der Waals surface area (Å²) in [5.74, 6) is 0. The van der Waals surface area contributed by atoms with E-state index in [-0.39, 0.29) is 6.17 Å². The summed E-state index contributed by atoms with van der Waals surface area (Å²) in [6.07, 6.45) is -0.0626. The van der Waals surface area contributed by atoms with Crippen molar-refractivity contribution in [2.75, 3.05) is 7.05 Å². The minimum atomic E-state index is -0.0626. The van der Waals surface area contributed by atoms with Gasteiger partial charge in [-0.05, 0) is 60.5 Å². The van der Waals surface area contributed by atoms with Crippen molar-refractivity contribution in [3.05, 3.63) is 108 Å². The molecular formula is C28H25N3. The van der Waals surface area contributed by atoms with E-state index in [9.17, 15) is 0 Å². The molecule has 3 heteroatoms. The summed E-state index contributed by atoms with van der Waals surface area (Å²) in [5.41, 5.74) is 8.04. The topological polar surface area (TPSA) is 40.2 Å². The zero-order chi connectivity index (χ0) is 21.2.